The molecule has 0 radical (unpaired) electrons. The van der Waals surface area contributed by atoms with Crippen LogP contribution in [0.2, 0.25) is 0 Å². The van der Waals surface area contributed by atoms with Gasteiger partial charge in [-0.3, -0.25) is 0 Å². The van der Waals surface area contributed by atoms with Crippen molar-refractivity contribution < 1.29 is 21.5 Å². The molecule has 0 N–H and O–H groups in total. The first-order chi connectivity index (χ1) is 15.2. The van der Waals surface area contributed by atoms with Crippen LogP contribution in [-0.2, 0) is 13.0 Å². The van der Waals surface area contributed by atoms with Gasteiger partial charge in [-0.1, -0.05) is 54.6 Å². The zero-order valence-corrected chi connectivity index (χ0v) is 20.4. The van der Waals surface area contributed by atoms with E-state index in [0.717, 1.165) is 13.0 Å². The van der Waals surface area contributed by atoms with E-state index in [1.54, 1.807) is 0 Å². The quantitative estimate of drug-likeness (QED) is 0.403. The molecule has 0 aliphatic carbocycles. The Kier molecular flexibility index (Phi) is 6.80. The highest BCUT2D eigenvalue weighted by molar-refractivity contribution is 5.69. The lowest BCUT2D eigenvalue weighted by Gasteiger charge is -2.15. The second kappa shape index (κ2) is 9.74. The Morgan fingerprint density at radius 3 is 2.12 bits per heavy atom. The Morgan fingerprint density at radius 2 is 1.38 bits per heavy atom. The van der Waals surface area contributed by atoms with Gasteiger partial charge in [-0.2, -0.15) is 4.57 Å². The highest BCUT2D eigenvalue weighted by Gasteiger charge is 2.28. The van der Waals surface area contributed by atoms with Gasteiger partial charge >= 0.3 is 0 Å². The molecule has 1 aliphatic rings. The predicted molar refractivity (Wildman–Crippen MR) is 129 cm³/mol. The Hall–Kier alpha value is -2.85. The first kappa shape index (κ1) is 22.3. The molecule has 0 fully saturated rings. The van der Waals surface area contributed by atoms with Crippen LogP contribution in [0, 0.1) is 0 Å². The molecule has 0 bridgehead atoms. The molecule has 0 saturated heterocycles. The summed E-state index contributed by atoms with van der Waals surface area (Å²) in [6.45, 7) is 1.09. The van der Waals surface area contributed by atoms with Crippen molar-refractivity contribution >= 4 is 5.69 Å². The number of para-hydroxylation sites is 2. The number of halogens is 1. The van der Waals surface area contributed by atoms with Gasteiger partial charge in [-0.15, -0.1) is 0 Å². The molecule has 0 saturated carbocycles. The third kappa shape index (κ3) is 4.24. The van der Waals surface area contributed by atoms with Crippen LogP contribution in [0.4, 0.5) is 5.69 Å². The molecule has 5 rings (SSSR count). The average Bonchev–Trinajstić information content (AvgIpc) is 3.00. The number of fused-ring (bicyclic) bond motifs is 1. The summed E-state index contributed by atoms with van der Waals surface area (Å²) in [6.07, 6.45) is 7.25. The lowest BCUT2D eigenvalue weighted by molar-refractivity contribution is -0.603. The summed E-state index contributed by atoms with van der Waals surface area (Å²) in [6, 6.07) is 28.4. The Labute approximate surface area is 201 Å². The van der Waals surface area contributed by atoms with Gasteiger partial charge in [0.1, 0.15) is 6.20 Å². The molecule has 1 aliphatic heterocycles. The topological polar surface area (TPSA) is 12.1 Å². The number of anilines is 1. The fourth-order valence-electron chi connectivity index (χ4n) is 4.72. The van der Waals surface area contributed by atoms with Gasteiger partial charge in [-0.05, 0) is 54.7 Å². The number of hydrogen-bond donors (Lipinski definition) is 0. The van der Waals surface area contributed by atoms with E-state index in [0.29, 0.717) is 0 Å². The minimum absolute atomic E-state index is 0. The molecule has 1 aromatic heterocycles. The van der Waals surface area contributed by atoms with Crippen molar-refractivity contribution in [2.24, 2.45) is 0 Å². The van der Waals surface area contributed by atoms with Crippen molar-refractivity contribution in [3.63, 3.8) is 0 Å². The fourth-order valence-corrected chi connectivity index (χ4v) is 4.72. The van der Waals surface area contributed by atoms with Crippen molar-refractivity contribution in [3.8, 4) is 28.1 Å². The van der Waals surface area contributed by atoms with Crippen molar-refractivity contribution in [1.82, 2.24) is 4.57 Å². The van der Waals surface area contributed by atoms with Crippen LogP contribution in [-0.4, -0.2) is 18.7 Å². The first-order valence-electron chi connectivity index (χ1n) is 11.3. The molecule has 2 heterocycles. The fraction of sp³-hybridized carbons (Fsp3) is 0.250. The second-order valence-electron chi connectivity index (χ2n) is 8.59. The molecule has 4 heteroatoms. The maximum absolute atomic E-state index is 2.55. The summed E-state index contributed by atoms with van der Waals surface area (Å²) in [5.74, 6) is 1.41. The summed E-state index contributed by atoms with van der Waals surface area (Å²) in [5, 5.41) is 0. The van der Waals surface area contributed by atoms with Gasteiger partial charge in [0, 0.05) is 26.1 Å². The molecule has 3 nitrogen and oxygen atoms in total. The number of rotatable bonds is 4. The average molecular weight is 488 g/mol. The largest absolute Gasteiger partial charge is 1.00 e. The van der Waals surface area contributed by atoms with Crippen LogP contribution < -0.4 is 26.4 Å². The van der Waals surface area contributed by atoms with E-state index in [9.17, 15) is 0 Å². The lowest BCUT2D eigenvalue weighted by atomic mass is 10.0. The summed E-state index contributed by atoms with van der Waals surface area (Å²) in [7, 11) is 4.24. The summed E-state index contributed by atoms with van der Waals surface area (Å²) < 4.78 is 4.98. The van der Waals surface area contributed by atoms with Crippen molar-refractivity contribution in [2.75, 3.05) is 19.0 Å². The van der Waals surface area contributed by atoms with Crippen LogP contribution in [0.5, 0.6) is 0 Å². The maximum atomic E-state index is 2.55. The number of hydrogen-bond acceptors (Lipinski definition) is 1. The molecule has 3 aromatic carbocycles. The predicted octanol–water partition coefficient (Wildman–Crippen LogP) is 2.90. The molecule has 0 spiro atoms. The normalized spacial score (nSPS) is 13.1. The molecule has 0 amide bonds. The minimum Gasteiger partial charge on any atom is -1.00 e. The molecular formula is C28H30BrN3. The molecule has 4 aromatic rings. The van der Waals surface area contributed by atoms with E-state index in [-0.39, 0.29) is 17.0 Å². The van der Waals surface area contributed by atoms with Gasteiger partial charge < -0.3 is 21.9 Å². The highest BCUT2D eigenvalue weighted by Crippen LogP contribution is 2.29. The maximum Gasteiger partial charge on any atom is 0.262 e. The second-order valence-corrected chi connectivity index (χ2v) is 8.59. The van der Waals surface area contributed by atoms with Crippen molar-refractivity contribution in [1.29, 1.82) is 0 Å². The zero-order chi connectivity index (χ0) is 21.2. The van der Waals surface area contributed by atoms with E-state index in [1.165, 1.54) is 58.8 Å². The minimum atomic E-state index is 0. The zero-order valence-electron chi connectivity index (χ0n) is 18.8. The molecule has 32 heavy (non-hydrogen) atoms. The monoisotopic (exact) mass is 487 g/mol. The van der Waals surface area contributed by atoms with Crippen LogP contribution in [0.15, 0.2) is 85.1 Å². The standard InChI is InChI=1S/C28H30N3.BrH/c1-29(2)25-13-8-9-14-26(25)31-21-27(30-20-10-4-7-15-28(30)31)24-18-16-23(17-19-24)22-11-5-3-6-12-22;/h3,5-6,8-9,11-14,16-19,21H,4,7,10,15,20H2,1-2H3;1H/q+1;/p-1. The van der Waals surface area contributed by atoms with Crippen LogP contribution in [0.3, 0.4) is 0 Å². The third-order valence-corrected chi connectivity index (χ3v) is 6.32. The SMILES string of the molecule is CN(C)c1ccccc1-[n+]1cc(-c2ccc(-c3ccccc3)cc2)n2c1CCCCC2.[Br-]. The van der Waals surface area contributed by atoms with E-state index in [1.807, 2.05) is 0 Å². The summed E-state index contributed by atoms with van der Waals surface area (Å²) >= 11 is 0. The Bertz CT molecular complexity index is 1180. The lowest BCUT2D eigenvalue weighted by Crippen LogP contribution is -3.00. The number of aromatic nitrogens is 2. The Balaban J connectivity index is 0.00000245. The molecular weight excluding hydrogens is 458 g/mol. The summed E-state index contributed by atoms with van der Waals surface area (Å²) in [4.78, 5) is 2.21. The van der Waals surface area contributed by atoms with Crippen LogP contribution in [0.1, 0.15) is 25.1 Å². The van der Waals surface area contributed by atoms with Crippen LogP contribution >= 0.6 is 0 Å². The number of nitrogens with zero attached hydrogens (tertiary/aromatic N) is 3. The number of benzene rings is 3. The van der Waals surface area contributed by atoms with Gasteiger partial charge in [0.2, 0.25) is 0 Å². The summed E-state index contributed by atoms with van der Waals surface area (Å²) in [5.41, 5.74) is 7.62. The van der Waals surface area contributed by atoms with Gasteiger partial charge in [0.05, 0.1) is 12.2 Å². The molecule has 164 valence electrons. The number of imidazole rings is 1. The van der Waals surface area contributed by atoms with Gasteiger partial charge in [0.25, 0.3) is 5.82 Å². The van der Waals surface area contributed by atoms with E-state index in [4.69, 9.17) is 0 Å². The van der Waals surface area contributed by atoms with Gasteiger partial charge in [-0.25, -0.2) is 4.57 Å². The molecule has 0 atom stereocenters. The van der Waals surface area contributed by atoms with E-state index in [2.05, 4.69) is 113 Å². The smallest absolute Gasteiger partial charge is 0.262 e. The third-order valence-electron chi connectivity index (χ3n) is 6.32. The van der Waals surface area contributed by atoms with Gasteiger partial charge in [0.15, 0.2) is 11.4 Å². The van der Waals surface area contributed by atoms with E-state index < -0.39 is 0 Å². The highest BCUT2D eigenvalue weighted by atomic mass is 79.9. The van der Waals surface area contributed by atoms with Crippen molar-refractivity contribution in [2.45, 2.75) is 32.2 Å². The Morgan fingerprint density at radius 1 is 0.719 bits per heavy atom. The molecule has 0 unspecified atom stereocenters. The van der Waals surface area contributed by atoms with E-state index >= 15 is 0 Å². The van der Waals surface area contributed by atoms with Crippen LogP contribution in [0.25, 0.3) is 28.1 Å². The van der Waals surface area contributed by atoms with Crippen molar-refractivity contribution in [3.05, 3.63) is 90.9 Å². The first-order valence-corrected chi connectivity index (χ1v) is 11.3.